The van der Waals surface area contributed by atoms with Gasteiger partial charge in [0.05, 0.1) is 17.6 Å². The van der Waals surface area contributed by atoms with Crippen molar-refractivity contribution in [2.24, 2.45) is 5.92 Å². The maximum absolute atomic E-state index is 4.48. The monoisotopic (exact) mass is 230 g/mol. The molecule has 0 bridgehead atoms. The highest BCUT2D eigenvalue weighted by molar-refractivity contribution is 5.52. The van der Waals surface area contributed by atoms with Crippen LogP contribution in [0.4, 0.5) is 11.6 Å². The van der Waals surface area contributed by atoms with Gasteiger partial charge in [0.2, 0.25) is 5.95 Å². The minimum absolute atomic E-state index is 0.595. The maximum atomic E-state index is 4.48. The van der Waals surface area contributed by atoms with Gasteiger partial charge in [-0.1, -0.05) is 13.8 Å². The van der Waals surface area contributed by atoms with E-state index < -0.39 is 0 Å². The zero-order chi connectivity index (χ0) is 12.3. The van der Waals surface area contributed by atoms with Crippen LogP contribution < -0.4 is 5.32 Å². The number of hydrogen-bond donors (Lipinski definition) is 1. The van der Waals surface area contributed by atoms with Crippen molar-refractivity contribution in [3.8, 4) is 0 Å². The second-order valence-corrected chi connectivity index (χ2v) is 4.62. The normalized spacial score (nSPS) is 10.8. The molecule has 0 saturated carbocycles. The van der Waals surface area contributed by atoms with Crippen LogP contribution in [-0.2, 0) is 6.54 Å². The molecule has 0 spiro atoms. The highest BCUT2D eigenvalue weighted by Gasteiger charge is 2.07. The summed E-state index contributed by atoms with van der Waals surface area (Å²) in [4.78, 5) is 8.56. The molecule has 2 aromatic rings. The molecule has 0 atom stereocenters. The second-order valence-electron chi connectivity index (χ2n) is 4.62. The average Bonchev–Trinajstić information content (AvgIpc) is 2.59. The minimum atomic E-state index is 0.595. The van der Waals surface area contributed by atoms with Crippen molar-refractivity contribution in [2.75, 3.05) is 5.32 Å². The Bertz CT molecular complexity index is 473. The molecule has 0 aliphatic heterocycles. The Hall–Kier alpha value is -1.84. The van der Waals surface area contributed by atoms with Crippen molar-refractivity contribution in [1.29, 1.82) is 0 Å². The number of aryl methyl sites for hydroxylation is 1. The molecule has 4 nitrogen and oxygen atoms in total. The smallest absolute Gasteiger partial charge is 0.207 e. The molecule has 0 radical (unpaired) electrons. The van der Waals surface area contributed by atoms with Crippen molar-refractivity contribution < 1.29 is 0 Å². The molecule has 2 rings (SSSR count). The van der Waals surface area contributed by atoms with Crippen molar-refractivity contribution in [2.45, 2.75) is 27.3 Å². The Morgan fingerprint density at radius 1 is 1.41 bits per heavy atom. The fraction of sp³-hybridized carbons (Fsp3) is 0.385. The highest BCUT2D eigenvalue weighted by atomic mass is 15.2. The van der Waals surface area contributed by atoms with Crippen LogP contribution in [0, 0.1) is 12.8 Å². The molecule has 1 N–H and O–H groups in total. The molecule has 17 heavy (non-hydrogen) atoms. The van der Waals surface area contributed by atoms with Gasteiger partial charge in [-0.25, -0.2) is 4.98 Å². The fourth-order valence-electron chi connectivity index (χ4n) is 1.74. The first kappa shape index (κ1) is 11.6. The van der Waals surface area contributed by atoms with Crippen molar-refractivity contribution >= 4 is 11.6 Å². The zero-order valence-corrected chi connectivity index (χ0v) is 10.5. The van der Waals surface area contributed by atoms with Gasteiger partial charge in [-0.15, -0.1) is 0 Å². The Morgan fingerprint density at radius 2 is 2.24 bits per heavy atom. The molecule has 90 valence electrons. The Labute approximate surface area is 102 Å². The summed E-state index contributed by atoms with van der Waals surface area (Å²) in [5.74, 6) is 1.47. The lowest BCUT2D eigenvalue weighted by Crippen LogP contribution is -2.07. The quantitative estimate of drug-likeness (QED) is 0.878. The lowest BCUT2D eigenvalue weighted by molar-refractivity contribution is 0.527. The number of anilines is 2. The van der Waals surface area contributed by atoms with Crippen LogP contribution in [0.1, 0.15) is 19.5 Å². The molecule has 0 amide bonds. The maximum Gasteiger partial charge on any atom is 0.207 e. The Balaban J connectivity index is 2.20. The van der Waals surface area contributed by atoms with Crippen molar-refractivity contribution in [3.05, 3.63) is 36.4 Å². The highest BCUT2D eigenvalue weighted by Crippen LogP contribution is 2.16. The number of imidazole rings is 1. The molecular weight excluding hydrogens is 212 g/mol. The van der Waals surface area contributed by atoms with Gasteiger partial charge in [0.1, 0.15) is 0 Å². The van der Waals surface area contributed by atoms with E-state index in [2.05, 4.69) is 39.9 Å². The first-order valence-corrected chi connectivity index (χ1v) is 5.86. The van der Waals surface area contributed by atoms with Gasteiger partial charge in [0.15, 0.2) is 0 Å². The summed E-state index contributed by atoms with van der Waals surface area (Å²) in [7, 11) is 0. The average molecular weight is 230 g/mol. The third-order valence-electron chi connectivity index (χ3n) is 2.38. The van der Waals surface area contributed by atoms with Crippen molar-refractivity contribution in [3.63, 3.8) is 0 Å². The topological polar surface area (TPSA) is 42.7 Å². The zero-order valence-electron chi connectivity index (χ0n) is 10.5. The number of nitrogens with one attached hydrogen (secondary N) is 1. The first-order valence-electron chi connectivity index (χ1n) is 5.86. The predicted molar refractivity (Wildman–Crippen MR) is 69.3 cm³/mol. The Morgan fingerprint density at radius 3 is 2.88 bits per heavy atom. The van der Waals surface area contributed by atoms with Crippen molar-refractivity contribution in [1.82, 2.24) is 14.5 Å². The van der Waals surface area contributed by atoms with E-state index in [0.717, 1.165) is 23.9 Å². The molecule has 2 heterocycles. The molecule has 0 aromatic carbocycles. The number of rotatable bonds is 4. The van der Waals surface area contributed by atoms with E-state index in [0.29, 0.717) is 5.92 Å². The standard InChI is InChI=1S/C13H18N4/c1-10(2)8-17-9-11(3)15-13(17)16-12-5-4-6-14-7-12/h4-7,9-10H,8H2,1-3H3,(H,15,16). The van der Waals surface area contributed by atoms with E-state index in [-0.39, 0.29) is 0 Å². The van der Waals surface area contributed by atoms with E-state index in [1.807, 2.05) is 19.1 Å². The van der Waals surface area contributed by atoms with Gasteiger partial charge in [0.25, 0.3) is 0 Å². The molecule has 0 aliphatic rings. The summed E-state index contributed by atoms with van der Waals surface area (Å²) in [6.07, 6.45) is 5.62. The summed E-state index contributed by atoms with van der Waals surface area (Å²) in [6.45, 7) is 7.36. The third kappa shape index (κ3) is 3.06. The molecule has 4 heteroatoms. The van der Waals surface area contributed by atoms with Gasteiger partial charge >= 0.3 is 0 Å². The van der Waals surface area contributed by atoms with Gasteiger partial charge in [-0.05, 0) is 25.0 Å². The van der Waals surface area contributed by atoms with E-state index in [9.17, 15) is 0 Å². The van der Waals surface area contributed by atoms with Crippen LogP contribution in [0.2, 0.25) is 0 Å². The Kier molecular flexibility index (Phi) is 3.42. The second kappa shape index (κ2) is 4.99. The molecule has 2 aromatic heterocycles. The van der Waals surface area contributed by atoms with Crippen LogP contribution in [0.3, 0.4) is 0 Å². The molecule has 0 aliphatic carbocycles. The van der Waals surface area contributed by atoms with Gasteiger partial charge in [0, 0.05) is 18.9 Å². The van der Waals surface area contributed by atoms with E-state index in [1.165, 1.54) is 0 Å². The summed E-state index contributed by atoms with van der Waals surface area (Å²) < 4.78 is 2.15. The molecule has 0 unspecified atom stereocenters. The predicted octanol–water partition coefficient (Wildman–Crippen LogP) is 2.99. The summed E-state index contributed by atoms with van der Waals surface area (Å²) in [5, 5.41) is 3.29. The van der Waals surface area contributed by atoms with E-state index in [1.54, 1.807) is 12.4 Å². The lowest BCUT2D eigenvalue weighted by Gasteiger charge is -2.11. The molecular formula is C13H18N4. The largest absolute Gasteiger partial charge is 0.324 e. The minimum Gasteiger partial charge on any atom is -0.324 e. The molecule has 0 fully saturated rings. The number of hydrogen-bond acceptors (Lipinski definition) is 3. The van der Waals surface area contributed by atoms with Gasteiger partial charge in [-0.2, -0.15) is 0 Å². The lowest BCUT2D eigenvalue weighted by atomic mass is 10.2. The number of nitrogens with zero attached hydrogens (tertiary/aromatic N) is 3. The first-order chi connectivity index (χ1) is 8.15. The van der Waals surface area contributed by atoms with Crippen LogP contribution in [-0.4, -0.2) is 14.5 Å². The van der Waals surface area contributed by atoms with E-state index >= 15 is 0 Å². The number of aromatic nitrogens is 3. The van der Waals surface area contributed by atoms with Crippen LogP contribution in [0.5, 0.6) is 0 Å². The third-order valence-corrected chi connectivity index (χ3v) is 2.38. The van der Waals surface area contributed by atoms with Gasteiger partial charge in [-0.3, -0.25) is 4.98 Å². The summed E-state index contributed by atoms with van der Waals surface area (Å²) in [5.41, 5.74) is 1.99. The van der Waals surface area contributed by atoms with E-state index in [4.69, 9.17) is 0 Å². The number of pyridine rings is 1. The van der Waals surface area contributed by atoms with Crippen LogP contribution >= 0.6 is 0 Å². The van der Waals surface area contributed by atoms with Crippen LogP contribution in [0.25, 0.3) is 0 Å². The van der Waals surface area contributed by atoms with Crippen LogP contribution in [0.15, 0.2) is 30.7 Å². The summed E-state index contributed by atoms with van der Waals surface area (Å²) >= 11 is 0. The SMILES string of the molecule is Cc1cn(CC(C)C)c(Nc2cccnc2)n1. The van der Waals surface area contributed by atoms with Gasteiger partial charge < -0.3 is 9.88 Å². The molecule has 0 saturated heterocycles. The fourth-order valence-corrected chi connectivity index (χ4v) is 1.74. The summed E-state index contributed by atoms with van der Waals surface area (Å²) in [6, 6.07) is 3.89.